The zero-order valence-corrected chi connectivity index (χ0v) is 27.5. The average molecular weight is 651 g/mol. The summed E-state index contributed by atoms with van der Waals surface area (Å²) in [5.41, 5.74) is 13.6. The molecule has 47 heavy (non-hydrogen) atoms. The number of rotatable bonds is 13. The normalized spacial score (nSPS) is 13.3. The summed E-state index contributed by atoms with van der Waals surface area (Å²) in [7, 11) is 9.23. The van der Waals surface area contributed by atoms with E-state index in [0.29, 0.717) is 53.3 Å². The van der Waals surface area contributed by atoms with Gasteiger partial charge in [-0.2, -0.15) is 4.99 Å². The number of carbonyl (C=O) groups excluding carboxylic acids is 2. The number of hydrogen-bond acceptors (Lipinski definition) is 10. The van der Waals surface area contributed by atoms with Crippen LogP contribution < -0.4 is 45.2 Å². The van der Waals surface area contributed by atoms with Crippen LogP contribution in [0.4, 0.5) is 5.69 Å². The maximum absolute atomic E-state index is 13.5. The quantitative estimate of drug-likeness (QED) is 0.183. The Morgan fingerprint density at radius 2 is 1.19 bits per heavy atom. The van der Waals surface area contributed by atoms with E-state index in [2.05, 4.69) is 20.1 Å². The maximum atomic E-state index is 13.5. The van der Waals surface area contributed by atoms with Crippen LogP contribution >= 0.6 is 0 Å². The Labute approximate surface area is 274 Å². The predicted molar refractivity (Wildman–Crippen MR) is 177 cm³/mol. The van der Waals surface area contributed by atoms with Crippen molar-refractivity contribution in [1.82, 2.24) is 9.80 Å². The molecule has 0 radical (unpaired) electrons. The summed E-state index contributed by atoms with van der Waals surface area (Å²) in [5, 5.41) is 2.95. The van der Waals surface area contributed by atoms with Crippen molar-refractivity contribution in [2.45, 2.75) is 13.1 Å². The lowest BCUT2D eigenvalue weighted by molar-refractivity contribution is 0.0997. The van der Waals surface area contributed by atoms with E-state index in [1.807, 2.05) is 12.1 Å². The van der Waals surface area contributed by atoms with Crippen LogP contribution in [0.3, 0.4) is 0 Å². The Kier molecular flexibility index (Phi) is 11.7. The fraction of sp³-hybridized carbons (Fsp3) is 0.364. The van der Waals surface area contributed by atoms with Gasteiger partial charge in [0.1, 0.15) is 0 Å². The molecule has 0 saturated carbocycles. The molecule has 0 unspecified atom stereocenters. The Balaban J connectivity index is 1.53. The summed E-state index contributed by atoms with van der Waals surface area (Å²) in [6.45, 7) is 4.33. The maximum Gasteiger partial charge on any atom is 0.280 e. The fourth-order valence-electron chi connectivity index (χ4n) is 5.43. The molecule has 14 heteroatoms. The van der Waals surface area contributed by atoms with Crippen LogP contribution in [0.25, 0.3) is 0 Å². The predicted octanol–water partition coefficient (Wildman–Crippen LogP) is 2.72. The van der Waals surface area contributed by atoms with Crippen molar-refractivity contribution in [3.8, 4) is 34.5 Å². The molecule has 0 spiro atoms. The molecule has 1 aliphatic rings. The number of carbonyl (C=O) groups is 2. The van der Waals surface area contributed by atoms with Crippen LogP contribution in [0, 0.1) is 0 Å². The molecular weight excluding hydrogens is 608 g/mol. The smallest absolute Gasteiger partial charge is 0.280 e. The zero-order valence-electron chi connectivity index (χ0n) is 27.5. The molecule has 14 nitrogen and oxygen atoms in total. The molecule has 0 bridgehead atoms. The highest BCUT2D eigenvalue weighted by atomic mass is 16.5. The SMILES string of the molecule is COc1cc(C(=O)Nc2cc(C(=O)N=C(N)N)ccc2CN2CCN(Cc3ccc(OC)c(OC)c3OC)CC2)cc(OC)c1OC. The van der Waals surface area contributed by atoms with Gasteiger partial charge in [0.05, 0.1) is 42.7 Å². The largest absolute Gasteiger partial charge is 0.493 e. The second-order valence-corrected chi connectivity index (χ2v) is 10.6. The van der Waals surface area contributed by atoms with E-state index >= 15 is 0 Å². The van der Waals surface area contributed by atoms with Crippen LogP contribution in [-0.4, -0.2) is 96.4 Å². The lowest BCUT2D eigenvalue weighted by atomic mass is 10.1. The molecule has 0 aromatic heterocycles. The number of benzene rings is 3. The summed E-state index contributed by atoms with van der Waals surface area (Å²) in [5.74, 6) is 1.43. The third-order valence-electron chi connectivity index (χ3n) is 7.80. The first-order chi connectivity index (χ1) is 22.6. The first kappa shape index (κ1) is 34.7. The Bertz CT molecular complexity index is 1590. The van der Waals surface area contributed by atoms with Crippen LogP contribution in [0.2, 0.25) is 0 Å². The summed E-state index contributed by atoms with van der Waals surface area (Å²) < 4.78 is 32.8. The number of hydrogen-bond donors (Lipinski definition) is 3. The molecule has 4 rings (SSSR count). The van der Waals surface area contributed by atoms with Gasteiger partial charge in [0.25, 0.3) is 11.8 Å². The highest BCUT2D eigenvalue weighted by Crippen LogP contribution is 2.41. The Morgan fingerprint density at radius 3 is 1.70 bits per heavy atom. The molecule has 3 aromatic rings. The number of ether oxygens (including phenoxy) is 6. The van der Waals surface area contributed by atoms with Gasteiger partial charge >= 0.3 is 0 Å². The zero-order chi connectivity index (χ0) is 34.1. The molecule has 252 valence electrons. The average Bonchev–Trinajstić information content (AvgIpc) is 3.08. The van der Waals surface area contributed by atoms with E-state index in [-0.39, 0.29) is 17.1 Å². The Morgan fingerprint density at radius 1 is 0.660 bits per heavy atom. The minimum atomic E-state index is -0.626. The van der Waals surface area contributed by atoms with Crippen molar-refractivity contribution in [2.75, 3.05) is 74.2 Å². The van der Waals surface area contributed by atoms with E-state index in [1.165, 1.54) is 21.3 Å². The first-order valence-electron chi connectivity index (χ1n) is 14.8. The number of guanidine groups is 1. The summed E-state index contributed by atoms with van der Waals surface area (Å²) in [4.78, 5) is 34.5. The van der Waals surface area contributed by atoms with Crippen LogP contribution in [0.1, 0.15) is 31.8 Å². The monoisotopic (exact) mass is 650 g/mol. The highest BCUT2D eigenvalue weighted by Gasteiger charge is 2.23. The van der Waals surface area contributed by atoms with Crippen molar-refractivity contribution >= 4 is 23.5 Å². The Hall–Kier alpha value is -5.21. The number of methoxy groups -OCH3 is 6. The van der Waals surface area contributed by atoms with E-state index in [0.717, 1.165) is 37.3 Å². The van der Waals surface area contributed by atoms with E-state index in [9.17, 15) is 9.59 Å². The van der Waals surface area contributed by atoms with Gasteiger partial charge in [-0.1, -0.05) is 12.1 Å². The van der Waals surface area contributed by atoms with Crippen molar-refractivity contribution in [3.05, 3.63) is 64.7 Å². The number of piperazine rings is 1. The highest BCUT2D eigenvalue weighted by molar-refractivity contribution is 6.07. The lowest BCUT2D eigenvalue weighted by Crippen LogP contribution is -2.45. The van der Waals surface area contributed by atoms with Gasteiger partial charge in [0.2, 0.25) is 11.5 Å². The first-order valence-corrected chi connectivity index (χ1v) is 14.8. The molecule has 3 aromatic carbocycles. The standard InChI is InChI=1S/C33H42N6O8/c1-42-25-10-9-22(28(45-4)30(25)47-6)19-39-13-11-38(12-14-39)18-21-8-7-20(31(40)37-33(34)35)15-24(21)36-32(41)23-16-26(43-2)29(46-5)27(17-23)44-3/h7-10,15-17H,11-14,18-19H2,1-6H3,(H,36,41)(H4,34,35,37,40). The van der Waals surface area contributed by atoms with E-state index < -0.39 is 11.8 Å². The van der Waals surface area contributed by atoms with Crippen LogP contribution in [0.15, 0.2) is 47.5 Å². The number of nitrogens with zero attached hydrogens (tertiary/aromatic N) is 3. The molecule has 1 aliphatic heterocycles. The van der Waals surface area contributed by atoms with Gasteiger partial charge < -0.3 is 45.2 Å². The summed E-state index contributed by atoms with van der Waals surface area (Å²) in [6, 6.07) is 12.0. The number of nitrogens with one attached hydrogen (secondary N) is 1. The number of aliphatic imine (C=N–C) groups is 1. The molecule has 2 amide bonds. The second kappa shape index (κ2) is 15.9. The van der Waals surface area contributed by atoms with Gasteiger partial charge in [-0.05, 0) is 35.9 Å². The third-order valence-corrected chi connectivity index (χ3v) is 7.80. The van der Waals surface area contributed by atoms with E-state index in [4.69, 9.17) is 39.9 Å². The lowest BCUT2D eigenvalue weighted by Gasteiger charge is -2.35. The third kappa shape index (κ3) is 8.15. The molecule has 1 heterocycles. The van der Waals surface area contributed by atoms with E-state index in [1.54, 1.807) is 51.7 Å². The molecule has 0 aliphatic carbocycles. The van der Waals surface area contributed by atoms with Crippen molar-refractivity contribution in [1.29, 1.82) is 0 Å². The summed E-state index contributed by atoms with van der Waals surface area (Å²) in [6.07, 6.45) is 0. The topological polar surface area (TPSA) is 172 Å². The van der Waals surface area contributed by atoms with Gasteiger partial charge in [-0.3, -0.25) is 19.4 Å². The fourth-order valence-corrected chi connectivity index (χ4v) is 5.43. The van der Waals surface area contributed by atoms with Gasteiger partial charge in [0.15, 0.2) is 29.0 Å². The van der Waals surface area contributed by atoms with Crippen molar-refractivity contribution < 1.29 is 38.0 Å². The molecule has 5 N–H and O–H groups in total. The summed E-state index contributed by atoms with van der Waals surface area (Å²) >= 11 is 0. The molecular formula is C33H42N6O8. The van der Waals surface area contributed by atoms with Gasteiger partial charge in [0, 0.05) is 61.6 Å². The van der Waals surface area contributed by atoms with Gasteiger partial charge in [-0.15, -0.1) is 0 Å². The minimum absolute atomic E-state index is 0.219. The second-order valence-electron chi connectivity index (χ2n) is 10.6. The minimum Gasteiger partial charge on any atom is -0.493 e. The van der Waals surface area contributed by atoms with Gasteiger partial charge in [-0.25, -0.2) is 0 Å². The number of nitrogens with two attached hydrogens (primary N) is 2. The van der Waals surface area contributed by atoms with Crippen LogP contribution in [-0.2, 0) is 13.1 Å². The van der Waals surface area contributed by atoms with Crippen molar-refractivity contribution in [2.24, 2.45) is 16.5 Å². The van der Waals surface area contributed by atoms with Crippen molar-refractivity contribution in [3.63, 3.8) is 0 Å². The molecule has 0 atom stereocenters. The molecule has 1 fully saturated rings. The molecule has 1 saturated heterocycles. The number of amides is 2. The number of anilines is 1. The van der Waals surface area contributed by atoms with Crippen LogP contribution in [0.5, 0.6) is 34.5 Å².